The molecule has 1 N–H and O–H groups in total. The number of aromatic amines is 1. The zero-order valence-corrected chi connectivity index (χ0v) is 17.8. The van der Waals surface area contributed by atoms with Gasteiger partial charge in [-0.25, -0.2) is 13.4 Å². The number of carbonyl (C=O) groups excluding carboxylic acids is 1. The molecular formula is C21H21N3O4S2. The summed E-state index contributed by atoms with van der Waals surface area (Å²) in [4.78, 5) is 31.9. The Morgan fingerprint density at radius 2 is 1.73 bits per heavy atom. The first kappa shape index (κ1) is 20.8. The second kappa shape index (κ2) is 8.71. The lowest BCUT2D eigenvalue weighted by atomic mass is 10.1. The number of H-pyrrole nitrogens is 1. The molecule has 3 aromatic rings. The molecule has 0 spiro atoms. The van der Waals surface area contributed by atoms with Crippen LogP contribution in [0.15, 0.2) is 63.4 Å². The average molecular weight is 444 g/mol. The Bertz CT molecular complexity index is 1230. The van der Waals surface area contributed by atoms with Crippen molar-refractivity contribution in [2.75, 3.05) is 18.8 Å². The molecule has 1 aliphatic heterocycles. The number of aromatic nitrogens is 2. The van der Waals surface area contributed by atoms with Gasteiger partial charge in [-0.05, 0) is 37.1 Å². The Morgan fingerprint density at radius 3 is 2.47 bits per heavy atom. The third-order valence-corrected chi connectivity index (χ3v) is 7.85. The highest BCUT2D eigenvalue weighted by molar-refractivity contribution is 7.99. The maximum Gasteiger partial charge on any atom is 0.259 e. The van der Waals surface area contributed by atoms with Crippen molar-refractivity contribution < 1.29 is 13.2 Å². The van der Waals surface area contributed by atoms with Crippen molar-refractivity contribution in [2.24, 2.45) is 0 Å². The smallest absolute Gasteiger partial charge is 0.259 e. The summed E-state index contributed by atoms with van der Waals surface area (Å²) in [5.74, 6) is -0.0859. The van der Waals surface area contributed by atoms with Crippen LogP contribution in [-0.2, 0) is 10.0 Å². The van der Waals surface area contributed by atoms with Crippen molar-refractivity contribution in [3.05, 3.63) is 64.4 Å². The first-order valence-corrected chi connectivity index (χ1v) is 12.1. The van der Waals surface area contributed by atoms with Gasteiger partial charge in [0.2, 0.25) is 10.0 Å². The van der Waals surface area contributed by atoms with Crippen LogP contribution < -0.4 is 5.56 Å². The van der Waals surface area contributed by atoms with Crippen LogP contribution in [-0.4, -0.2) is 47.3 Å². The van der Waals surface area contributed by atoms with Crippen molar-refractivity contribution in [1.29, 1.82) is 0 Å². The number of nitrogens with zero attached hydrogens (tertiary/aromatic N) is 2. The number of nitrogens with one attached hydrogen (secondary N) is 1. The SMILES string of the molecule is O=C(CSc1nc2ccccc2c(=O)[nH]1)c1ccc(S(=O)(=O)N2CCCCC2)cc1. The van der Waals surface area contributed by atoms with Gasteiger partial charge in [-0.1, -0.05) is 42.4 Å². The van der Waals surface area contributed by atoms with Crippen molar-refractivity contribution in [3.8, 4) is 0 Å². The highest BCUT2D eigenvalue weighted by Gasteiger charge is 2.25. The molecule has 1 aromatic heterocycles. The zero-order valence-electron chi connectivity index (χ0n) is 16.2. The molecule has 1 fully saturated rings. The summed E-state index contributed by atoms with van der Waals surface area (Å²) in [6, 6.07) is 13.1. The van der Waals surface area contributed by atoms with Crippen molar-refractivity contribution in [2.45, 2.75) is 29.3 Å². The third kappa shape index (κ3) is 4.33. The number of thioether (sulfide) groups is 1. The van der Waals surface area contributed by atoms with Gasteiger partial charge in [-0.15, -0.1) is 0 Å². The van der Waals surface area contributed by atoms with Gasteiger partial charge >= 0.3 is 0 Å². The molecule has 0 atom stereocenters. The number of Topliss-reactive ketones (excluding diaryl/α,β-unsaturated/α-hetero) is 1. The topological polar surface area (TPSA) is 100 Å². The number of hydrogen-bond donors (Lipinski definition) is 1. The lowest BCUT2D eigenvalue weighted by molar-refractivity contribution is 0.102. The highest BCUT2D eigenvalue weighted by Crippen LogP contribution is 2.22. The fourth-order valence-corrected chi connectivity index (χ4v) is 5.70. The molecule has 30 heavy (non-hydrogen) atoms. The molecule has 7 nitrogen and oxygen atoms in total. The van der Waals surface area contributed by atoms with Gasteiger partial charge in [-0.2, -0.15) is 4.31 Å². The summed E-state index contributed by atoms with van der Waals surface area (Å²) in [6.45, 7) is 1.08. The third-order valence-electron chi connectivity index (χ3n) is 5.06. The Hall–Kier alpha value is -2.49. The summed E-state index contributed by atoms with van der Waals surface area (Å²) in [6.07, 6.45) is 2.80. The molecule has 0 saturated carbocycles. The molecule has 0 unspecified atom stereocenters. The minimum Gasteiger partial charge on any atom is -0.301 e. The molecule has 156 valence electrons. The fourth-order valence-electron chi connectivity index (χ4n) is 3.42. The maximum absolute atomic E-state index is 12.7. The Labute approximate surface area is 178 Å². The number of para-hydroxylation sites is 1. The molecule has 2 aromatic carbocycles. The van der Waals surface area contributed by atoms with Gasteiger partial charge in [0.15, 0.2) is 10.9 Å². The van der Waals surface area contributed by atoms with Crippen LogP contribution in [0.1, 0.15) is 29.6 Å². The van der Waals surface area contributed by atoms with Crippen LogP contribution in [0.2, 0.25) is 0 Å². The lowest BCUT2D eigenvalue weighted by Gasteiger charge is -2.25. The van der Waals surface area contributed by atoms with E-state index in [9.17, 15) is 18.0 Å². The van der Waals surface area contributed by atoms with E-state index in [0.29, 0.717) is 34.7 Å². The van der Waals surface area contributed by atoms with Gasteiger partial charge in [0.05, 0.1) is 21.6 Å². The summed E-state index contributed by atoms with van der Waals surface area (Å²) in [5, 5.41) is 0.870. The van der Waals surface area contributed by atoms with E-state index in [4.69, 9.17) is 0 Å². The number of carbonyl (C=O) groups is 1. The zero-order chi connectivity index (χ0) is 21.1. The average Bonchev–Trinajstić information content (AvgIpc) is 2.78. The molecular weight excluding hydrogens is 422 g/mol. The first-order chi connectivity index (χ1) is 14.4. The summed E-state index contributed by atoms with van der Waals surface area (Å²) in [5.41, 5.74) is 0.745. The minimum atomic E-state index is -3.52. The second-order valence-corrected chi connectivity index (χ2v) is 9.99. The number of fused-ring (bicyclic) bond motifs is 1. The monoisotopic (exact) mass is 443 g/mol. The van der Waals surface area contributed by atoms with Gasteiger partial charge in [0.25, 0.3) is 5.56 Å². The van der Waals surface area contributed by atoms with Gasteiger partial charge in [0.1, 0.15) is 0 Å². The Morgan fingerprint density at radius 1 is 1.03 bits per heavy atom. The quantitative estimate of drug-likeness (QED) is 0.357. The van der Waals surface area contributed by atoms with Crippen molar-refractivity contribution >= 4 is 38.5 Å². The number of rotatable bonds is 6. The van der Waals surface area contributed by atoms with Crippen LogP contribution in [0.5, 0.6) is 0 Å². The largest absolute Gasteiger partial charge is 0.301 e. The van der Waals surface area contributed by atoms with Gasteiger partial charge in [0, 0.05) is 18.7 Å². The molecule has 0 radical (unpaired) electrons. The molecule has 2 heterocycles. The molecule has 1 saturated heterocycles. The number of ketones is 1. The summed E-state index contributed by atoms with van der Waals surface area (Å²) in [7, 11) is -3.52. The molecule has 9 heteroatoms. The number of sulfonamides is 1. The van der Waals surface area contributed by atoms with Gasteiger partial charge in [-0.3, -0.25) is 9.59 Å². The minimum absolute atomic E-state index is 0.0828. The Balaban J connectivity index is 1.45. The van der Waals surface area contributed by atoms with Gasteiger partial charge < -0.3 is 4.98 Å². The molecule has 0 bridgehead atoms. The summed E-state index contributed by atoms with van der Waals surface area (Å²) >= 11 is 1.14. The molecule has 0 aliphatic carbocycles. The van der Waals surface area contributed by atoms with E-state index >= 15 is 0 Å². The van der Waals surface area contributed by atoms with E-state index in [1.165, 1.54) is 28.6 Å². The summed E-state index contributed by atoms with van der Waals surface area (Å²) < 4.78 is 26.9. The predicted octanol–water partition coefficient (Wildman–Crippen LogP) is 3.07. The van der Waals surface area contributed by atoms with Crippen LogP contribution in [0, 0.1) is 0 Å². The van der Waals surface area contributed by atoms with Crippen molar-refractivity contribution in [3.63, 3.8) is 0 Å². The van der Waals surface area contributed by atoms with E-state index in [1.807, 2.05) is 0 Å². The molecule has 1 aliphatic rings. The predicted molar refractivity (Wildman–Crippen MR) is 116 cm³/mol. The normalized spacial score (nSPS) is 15.3. The highest BCUT2D eigenvalue weighted by atomic mass is 32.2. The van der Waals surface area contributed by atoms with Crippen LogP contribution in [0.4, 0.5) is 0 Å². The number of benzene rings is 2. The van der Waals surface area contributed by atoms with E-state index in [1.54, 1.807) is 24.3 Å². The first-order valence-electron chi connectivity index (χ1n) is 9.70. The van der Waals surface area contributed by atoms with Crippen LogP contribution >= 0.6 is 11.8 Å². The van der Waals surface area contributed by atoms with E-state index < -0.39 is 10.0 Å². The van der Waals surface area contributed by atoms with Crippen LogP contribution in [0.25, 0.3) is 10.9 Å². The second-order valence-electron chi connectivity index (χ2n) is 7.09. The van der Waals surface area contributed by atoms with E-state index in [-0.39, 0.29) is 22.0 Å². The molecule has 4 rings (SSSR count). The van der Waals surface area contributed by atoms with E-state index in [2.05, 4.69) is 9.97 Å². The molecule has 0 amide bonds. The number of hydrogen-bond acceptors (Lipinski definition) is 6. The van der Waals surface area contributed by atoms with E-state index in [0.717, 1.165) is 31.0 Å². The Kier molecular flexibility index (Phi) is 6.03. The standard InChI is InChI=1S/C21H21N3O4S2/c25-19(14-29-21-22-18-7-3-2-6-17(18)20(26)23-21)15-8-10-16(11-9-15)30(27,28)24-12-4-1-5-13-24/h2-3,6-11H,1,4-5,12-14H2,(H,22,23,26). The number of piperidine rings is 1. The van der Waals surface area contributed by atoms with Crippen LogP contribution in [0.3, 0.4) is 0 Å². The lowest BCUT2D eigenvalue weighted by Crippen LogP contribution is -2.35. The van der Waals surface area contributed by atoms with Crippen molar-refractivity contribution in [1.82, 2.24) is 14.3 Å². The fraction of sp³-hybridized carbons (Fsp3) is 0.286. The maximum atomic E-state index is 12.7.